The molecule has 0 aliphatic heterocycles. The van der Waals surface area contributed by atoms with Crippen LogP contribution in [0.3, 0.4) is 0 Å². The van der Waals surface area contributed by atoms with Crippen LogP contribution < -0.4 is 0 Å². The summed E-state index contributed by atoms with van der Waals surface area (Å²) in [6, 6.07) is -0.502. The number of carbonyl (C=O) groups is 1. The summed E-state index contributed by atoms with van der Waals surface area (Å²) in [6.07, 6.45) is -11.0. The molecule has 0 radical (unpaired) electrons. The van der Waals surface area contributed by atoms with Crippen molar-refractivity contribution in [1.82, 2.24) is 0 Å². The van der Waals surface area contributed by atoms with Crippen molar-refractivity contribution in [3.05, 3.63) is 34.6 Å². The van der Waals surface area contributed by atoms with Gasteiger partial charge in [-0.25, -0.2) is 4.39 Å². The first-order valence-corrected chi connectivity index (χ1v) is 4.00. The summed E-state index contributed by atoms with van der Waals surface area (Å²) in [7, 11) is 0. The normalized spacial score (nSPS) is 12.6. The Labute approximate surface area is 89.8 Å². The summed E-state index contributed by atoms with van der Waals surface area (Å²) in [4.78, 5) is 10.2. The molecule has 0 saturated heterocycles. The molecule has 0 heterocycles. The van der Waals surface area contributed by atoms with E-state index in [1.165, 1.54) is 0 Å². The number of alkyl halides is 6. The average Bonchev–Trinajstić information content (AvgIpc) is 2.14. The number of aldehydes is 1. The molecule has 1 aromatic rings. The molecule has 0 spiro atoms. The van der Waals surface area contributed by atoms with Gasteiger partial charge in [-0.1, -0.05) is 0 Å². The van der Waals surface area contributed by atoms with Gasteiger partial charge < -0.3 is 0 Å². The van der Waals surface area contributed by atoms with Crippen LogP contribution in [0.5, 0.6) is 0 Å². The predicted octanol–water partition coefficient (Wildman–Crippen LogP) is 3.68. The smallest absolute Gasteiger partial charge is 0.298 e. The molecule has 0 N–H and O–H groups in total. The monoisotopic (exact) mass is 260 g/mol. The van der Waals surface area contributed by atoms with E-state index >= 15 is 0 Å². The van der Waals surface area contributed by atoms with E-state index in [4.69, 9.17) is 0 Å². The lowest BCUT2D eigenvalue weighted by Gasteiger charge is -2.15. The van der Waals surface area contributed by atoms with Gasteiger partial charge in [-0.2, -0.15) is 26.3 Å². The number of benzene rings is 1. The van der Waals surface area contributed by atoms with E-state index in [-0.39, 0.29) is 18.4 Å². The van der Waals surface area contributed by atoms with Crippen molar-refractivity contribution in [1.29, 1.82) is 0 Å². The van der Waals surface area contributed by atoms with Gasteiger partial charge in [0.05, 0.1) is 16.7 Å². The highest BCUT2D eigenvalue weighted by Crippen LogP contribution is 2.41. The molecule has 0 aromatic heterocycles. The molecule has 0 unspecified atom stereocenters. The molecule has 8 heteroatoms. The zero-order chi connectivity index (χ0) is 13.4. The predicted molar refractivity (Wildman–Crippen MR) is 41.8 cm³/mol. The van der Waals surface area contributed by atoms with Gasteiger partial charge in [0.15, 0.2) is 6.29 Å². The van der Waals surface area contributed by atoms with Crippen molar-refractivity contribution in [2.75, 3.05) is 0 Å². The van der Waals surface area contributed by atoms with Gasteiger partial charge in [-0.05, 0) is 12.1 Å². The molecule has 0 aliphatic rings. The van der Waals surface area contributed by atoms with Crippen molar-refractivity contribution in [2.45, 2.75) is 12.4 Å². The minimum atomic E-state index is -5.35. The number of halogens is 7. The van der Waals surface area contributed by atoms with E-state index in [1.54, 1.807) is 0 Å². The second-order valence-corrected chi connectivity index (χ2v) is 3.03. The Morgan fingerprint density at radius 2 is 1.29 bits per heavy atom. The van der Waals surface area contributed by atoms with Crippen LogP contribution in [0.4, 0.5) is 30.7 Å². The van der Waals surface area contributed by atoms with Gasteiger partial charge in [0.2, 0.25) is 0 Å². The summed E-state index contributed by atoms with van der Waals surface area (Å²) in [5.74, 6) is -1.65. The Hall–Kier alpha value is -1.60. The summed E-state index contributed by atoms with van der Waals surface area (Å²) in [5, 5.41) is 0. The van der Waals surface area contributed by atoms with Gasteiger partial charge in [0.25, 0.3) is 0 Å². The number of hydrogen-bond acceptors (Lipinski definition) is 1. The first kappa shape index (κ1) is 13.5. The minimum absolute atomic E-state index is 0.162. The van der Waals surface area contributed by atoms with Crippen molar-refractivity contribution >= 4 is 6.29 Å². The third kappa shape index (κ3) is 2.75. The fourth-order valence-corrected chi connectivity index (χ4v) is 1.15. The number of rotatable bonds is 1. The highest BCUT2D eigenvalue weighted by atomic mass is 19.4. The topological polar surface area (TPSA) is 17.1 Å². The lowest BCUT2D eigenvalue weighted by atomic mass is 10.0. The maximum atomic E-state index is 12.9. The van der Waals surface area contributed by atoms with E-state index in [0.717, 1.165) is 0 Å². The molecular formula is C9H3F7O. The van der Waals surface area contributed by atoms with Crippen molar-refractivity contribution in [3.63, 3.8) is 0 Å². The fraction of sp³-hybridized carbons (Fsp3) is 0.222. The van der Waals surface area contributed by atoms with Crippen molar-refractivity contribution < 1.29 is 35.5 Å². The number of hydrogen-bond donors (Lipinski definition) is 0. The second-order valence-electron chi connectivity index (χ2n) is 3.03. The first-order chi connectivity index (χ1) is 7.57. The molecule has 0 aliphatic carbocycles. The molecular weight excluding hydrogens is 257 g/mol. The molecule has 94 valence electrons. The van der Waals surface area contributed by atoms with E-state index < -0.39 is 34.9 Å². The number of carbonyl (C=O) groups excluding carboxylic acids is 1. The van der Waals surface area contributed by atoms with Gasteiger partial charge in [0.1, 0.15) is 5.82 Å². The summed E-state index contributed by atoms with van der Waals surface area (Å²) in [6.45, 7) is 0. The van der Waals surface area contributed by atoms with E-state index in [1.807, 2.05) is 0 Å². The maximum absolute atomic E-state index is 12.9. The van der Waals surface area contributed by atoms with Crippen molar-refractivity contribution in [3.8, 4) is 0 Å². The SMILES string of the molecule is O=Cc1cc(C(F)(F)F)c(C(F)(F)F)cc1F. The van der Waals surface area contributed by atoms with Crippen LogP contribution in [0.25, 0.3) is 0 Å². The highest BCUT2D eigenvalue weighted by molar-refractivity contribution is 5.76. The van der Waals surface area contributed by atoms with E-state index in [0.29, 0.717) is 0 Å². The van der Waals surface area contributed by atoms with Crippen LogP contribution in [-0.2, 0) is 12.4 Å². The van der Waals surface area contributed by atoms with Gasteiger partial charge >= 0.3 is 12.4 Å². The van der Waals surface area contributed by atoms with Crippen LogP contribution in [0.2, 0.25) is 0 Å². The summed E-state index contributed by atoms with van der Waals surface area (Å²) < 4.78 is 86.4. The Morgan fingerprint density at radius 3 is 1.65 bits per heavy atom. The molecule has 0 fully saturated rings. The molecule has 1 nitrogen and oxygen atoms in total. The van der Waals surface area contributed by atoms with Crippen LogP contribution in [0.15, 0.2) is 12.1 Å². The molecule has 0 atom stereocenters. The zero-order valence-electron chi connectivity index (χ0n) is 7.79. The van der Waals surface area contributed by atoms with E-state index in [9.17, 15) is 35.5 Å². The van der Waals surface area contributed by atoms with Crippen LogP contribution in [0, 0.1) is 5.82 Å². The fourth-order valence-electron chi connectivity index (χ4n) is 1.15. The Kier molecular flexibility index (Phi) is 3.17. The Balaban J connectivity index is 3.59. The lowest BCUT2D eigenvalue weighted by molar-refractivity contribution is -0.162. The quantitative estimate of drug-likeness (QED) is 0.556. The van der Waals surface area contributed by atoms with Crippen molar-refractivity contribution in [2.24, 2.45) is 0 Å². The lowest BCUT2D eigenvalue weighted by Crippen LogP contribution is -2.17. The highest BCUT2D eigenvalue weighted by Gasteiger charge is 2.43. The molecule has 0 amide bonds. The maximum Gasteiger partial charge on any atom is 0.417 e. The summed E-state index contributed by atoms with van der Waals surface area (Å²) in [5.41, 5.74) is -5.33. The summed E-state index contributed by atoms with van der Waals surface area (Å²) >= 11 is 0. The first-order valence-electron chi connectivity index (χ1n) is 4.00. The standard InChI is InChI=1S/C9H3F7O/c10-7-2-6(9(14,15)16)5(8(11,12)13)1-4(7)3-17/h1-3H. The molecule has 1 rings (SSSR count). The van der Waals surface area contributed by atoms with Crippen LogP contribution >= 0.6 is 0 Å². The van der Waals surface area contributed by atoms with Gasteiger partial charge in [-0.3, -0.25) is 4.79 Å². The minimum Gasteiger partial charge on any atom is -0.298 e. The molecule has 1 aromatic carbocycles. The Bertz CT molecular complexity index is 444. The Morgan fingerprint density at radius 1 is 0.882 bits per heavy atom. The van der Waals surface area contributed by atoms with Gasteiger partial charge in [0, 0.05) is 0 Å². The van der Waals surface area contributed by atoms with Gasteiger partial charge in [-0.15, -0.1) is 0 Å². The molecule has 17 heavy (non-hydrogen) atoms. The zero-order valence-corrected chi connectivity index (χ0v) is 7.79. The third-order valence-corrected chi connectivity index (χ3v) is 1.87. The van der Waals surface area contributed by atoms with E-state index in [2.05, 4.69) is 0 Å². The second kappa shape index (κ2) is 4.01. The largest absolute Gasteiger partial charge is 0.417 e. The van der Waals surface area contributed by atoms with Crippen LogP contribution in [0.1, 0.15) is 21.5 Å². The van der Waals surface area contributed by atoms with Crippen LogP contribution in [-0.4, -0.2) is 6.29 Å². The average molecular weight is 260 g/mol. The third-order valence-electron chi connectivity index (χ3n) is 1.87. The molecule has 0 saturated carbocycles. The molecule has 0 bridgehead atoms.